The van der Waals surface area contributed by atoms with E-state index in [1.807, 2.05) is 6.92 Å². The molecule has 2 heterocycles. The maximum Gasteiger partial charge on any atom is 0.235 e. The molecular formula is C20H23FN2O3. The van der Waals surface area contributed by atoms with Crippen molar-refractivity contribution in [3.8, 4) is 5.88 Å². The van der Waals surface area contributed by atoms with Gasteiger partial charge in [0.1, 0.15) is 5.82 Å². The van der Waals surface area contributed by atoms with Crippen LogP contribution in [0.2, 0.25) is 0 Å². The van der Waals surface area contributed by atoms with Crippen molar-refractivity contribution in [2.75, 3.05) is 25.1 Å². The molecule has 1 aromatic carbocycles. The third kappa shape index (κ3) is 4.02. The minimum absolute atomic E-state index is 0.128. The number of hydrogen-bond donors (Lipinski definition) is 1. The van der Waals surface area contributed by atoms with Crippen molar-refractivity contribution in [1.82, 2.24) is 4.98 Å². The molecule has 1 N–H and O–H groups in total. The monoisotopic (exact) mass is 358 g/mol. The Bertz CT molecular complexity index is 726. The van der Waals surface area contributed by atoms with Crippen LogP contribution in [0.15, 0.2) is 42.6 Å². The van der Waals surface area contributed by atoms with Crippen molar-refractivity contribution in [2.45, 2.75) is 31.6 Å². The second-order valence-corrected chi connectivity index (χ2v) is 6.39. The first-order valence-electron chi connectivity index (χ1n) is 8.88. The summed E-state index contributed by atoms with van der Waals surface area (Å²) >= 11 is 0. The van der Waals surface area contributed by atoms with E-state index in [1.165, 1.54) is 12.1 Å². The van der Waals surface area contributed by atoms with Crippen LogP contribution >= 0.6 is 0 Å². The van der Waals surface area contributed by atoms with E-state index in [0.29, 0.717) is 44.2 Å². The Morgan fingerprint density at radius 2 is 1.96 bits per heavy atom. The van der Waals surface area contributed by atoms with Crippen LogP contribution in [0.25, 0.3) is 0 Å². The van der Waals surface area contributed by atoms with Gasteiger partial charge in [0.05, 0.1) is 23.9 Å². The molecule has 0 spiro atoms. The van der Waals surface area contributed by atoms with Gasteiger partial charge in [-0.25, -0.2) is 9.37 Å². The summed E-state index contributed by atoms with van der Waals surface area (Å²) in [5.41, 5.74) is 0.672. The number of aromatic nitrogens is 1. The molecule has 0 aliphatic carbocycles. The molecule has 1 aliphatic rings. The molecule has 2 aromatic rings. The highest BCUT2D eigenvalue weighted by Crippen LogP contribution is 2.36. The molecule has 0 atom stereocenters. The maximum atomic E-state index is 13.3. The highest BCUT2D eigenvalue weighted by Gasteiger charge is 2.41. The van der Waals surface area contributed by atoms with Gasteiger partial charge < -0.3 is 14.8 Å². The van der Waals surface area contributed by atoms with Gasteiger partial charge in [-0.3, -0.25) is 4.79 Å². The van der Waals surface area contributed by atoms with E-state index in [2.05, 4.69) is 10.3 Å². The zero-order chi connectivity index (χ0) is 18.4. The summed E-state index contributed by atoms with van der Waals surface area (Å²) in [6.07, 6.45) is 3.59. The second-order valence-electron chi connectivity index (χ2n) is 6.39. The lowest BCUT2D eigenvalue weighted by Crippen LogP contribution is -2.44. The van der Waals surface area contributed by atoms with Crippen LogP contribution in [0.1, 0.15) is 31.7 Å². The predicted molar refractivity (Wildman–Crippen MR) is 96.8 cm³/mol. The number of benzene rings is 1. The average molecular weight is 358 g/mol. The SMILES string of the molecule is CCCOc1ccc(NC(=O)C2(c3ccc(F)cc3)CCOCC2)cn1. The van der Waals surface area contributed by atoms with E-state index in [-0.39, 0.29) is 11.7 Å². The minimum Gasteiger partial charge on any atom is -0.478 e. The molecule has 1 aliphatic heterocycles. The van der Waals surface area contributed by atoms with Crippen molar-refractivity contribution < 1.29 is 18.7 Å². The number of carbonyl (C=O) groups excluding carboxylic acids is 1. The Kier molecular flexibility index (Phi) is 5.83. The number of halogens is 1. The number of rotatable bonds is 6. The number of ether oxygens (including phenoxy) is 2. The highest BCUT2D eigenvalue weighted by molar-refractivity contribution is 5.99. The summed E-state index contributed by atoms with van der Waals surface area (Å²) < 4.78 is 24.2. The lowest BCUT2D eigenvalue weighted by atomic mass is 9.73. The van der Waals surface area contributed by atoms with E-state index < -0.39 is 5.41 Å². The third-order valence-electron chi connectivity index (χ3n) is 4.63. The molecular weight excluding hydrogens is 335 g/mol. The van der Waals surface area contributed by atoms with Crippen molar-refractivity contribution in [3.05, 3.63) is 54.0 Å². The number of pyridine rings is 1. The first kappa shape index (κ1) is 18.3. The zero-order valence-electron chi connectivity index (χ0n) is 14.8. The Morgan fingerprint density at radius 3 is 2.58 bits per heavy atom. The lowest BCUT2D eigenvalue weighted by Gasteiger charge is -2.36. The average Bonchev–Trinajstić information content (AvgIpc) is 2.68. The molecule has 26 heavy (non-hydrogen) atoms. The van der Waals surface area contributed by atoms with Crippen LogP contribution in [0.4, 0.5) is 10.1 Å². The molecule has 0 bridgehead atoms. The van der Waals surface area contributed by atoms with Gasteiger partial charge in [0.2, 0.25) is 11.8 Å². The fourth-order valence-electron chi connectivity index (χ4n) is 3.13. The van der Waals surface area contributed by atoms with Crippen LogP contribution in [-0.4, -0.2) is 30.7 Å². The molecule has 1 fully saturated rings. The Labute approximate surface area is 152 Å². The predicted octanol–water partition coefficient (Wildman–Crippen LogP) is 3.70. The van der Waals surface area contributed by atoms with E-state index in [4.69, 9.17) is 9.47 Å². The Hall–Kier alpha value is -2.47. The van der Waals surface area contributed by atoms with E-state index in [1.54, 1.807) is 30.5 Å². The van der Waals surface area contributed by atoms with Crippen molar-refractivity contribution in [3.63, 3.8) is 0 Å². The molecule has 0 saturated carbocycles. The Balaban J connectivity index is 1.78. The summed E-state index contributed by atoms with van der Waals surface area (Å²) in [6, 6.07) is 9.65. The lowest BCUT2D eigenvalue weighted by molar-refractivity contribution is -0.125. The molecule has 1 amide bonds. The summed E-state index contributed by atoms with van der Waals surface area (Å²) in [5, 5.41) is 2.94. The number of amides is 1. The van der Waals surface area contributed by atoms with Crippen LogP contribution < -0.4 is 10.1 Å². The fourth-order valence-corrected chi connectivity index (χ4v) is 3.13. The summed E-state index contributed by atoms with van der Waals surface area (Å²) in [6.45, 7) is 3.61. The highest BCUT2D eigenvalue weighted by atomic mass is 19.1. The summed E-state index contributed by atoms with van der Waals surface area (Å²) in [7, 11) is 0. The quantitative estimate of drug-likeness (QED) is 0.855. The van der Waals surface area contributed by atoms with Crippen molar-refractivity contribution >= 4 is 11.6 Å². The molecule has 6 heteroatoms. The van der Waals surface area contributed by atoms with Crippen LogP contribution in [0.5, 0.6) is 5.88 Å². The van der Waals surface area contributed by atoms with Gasteiger partial charge in [0.15, 0.2) is 0 Å². The third-order valence-corrected chi connectivity index (χ3v) is 4.63. The first-order valence-corrected chi connectivity index (χ1v) is 8.88. The van der Waals surface area contributed by atoms with E-state index in [9.17, 15) is 9.18 Å². The molecule has 0 radical (unpaired) electrons. The van der Waals surface area contributed by atoms with Crippen LogP contribution in [-0.2, 0) is 14.9 Å². The standard InChI is InChI=1S/C20H23FN2O3/c1-2-11-26-18-8-7-17(14-22-18)23-19(24)20(9-12-25-13-10-20)15-3-5-16(21)6-4-15/h3-8,14H,2,9-13H2,1H3,(H,23,24). The number of carbonyl (C=O) groups is 1. The summed E-state index contributed by atoms with van der Waals surface area (Å²) in [4.78, 5) is 17.3. The smallest absolute Gasteiger partial charge is 0.235 e. The van der Waals surface area contributed by atoms with E-state index in [0.717, 1.165) is 12.0 Å². The Morgan fingerprint density at radius 1 is 1.23 bits per heavy atom. The minimum atomic E-state index is -0.733. The number of nitrogens with one attached hydrogen (secondary N) is 1. The van der Waals surface area contributed by atoms with Gasteiger partial charge in [0.25, 0.3) is 0 Å². The normalized spacial score (nSPS) is 16.1. The molecule has 138 valence electrons. The van der Waals surface area contributed by atoms with Gasteiger partial charge in [-0.2, -0.15) is 0 Å². The van der Waals surface area contributed by atoms with Gasteiger partial charge in [-0.15, -0.1) is 0 Å². The van der Waals surface area contributed by atoms with Gasteiger partial charge in [0, 0.05) is 19.3 Å². The summed E-state index contributed by atoms with van der Waals surface area (Å²) in [5.74, 6) is 0.0869. The molecule has 3 rings (SSSR count). The topological polar surface area (TPSA) is 60.5 Å². The largest absolute Gasteiger partial charge is 0.478 e. The second kappa shape index (κ2) is 8.27. The van der Waals surface area contributed by atoms with Crippen molar-refractivity contribution in [1.29, 1.82) is 0 Å². The molecule has 1 aromatic heterocycles. The van der Waals surface area contributed by atoms with Gasteiger partial charge in [-0.05, 0) is 43.0 Å². The zero-order valence-corrected chi connectivity index (χ0v) is 14.8. The fraction of sp³-hybridized carbons (Fsp3) is 0.400. The number of nitrogens with zero attached hydrogens (tertiary/aromatic N) is 1. The van der Waals surface area contributed by atoms with Crippen LogP contribution in [0, 0.1) is 5.82 Å². The maximum absolute atomic E-state index is 13.3. The van der Waals surface area contributed by atoms with Crippen LogP contribution in [0.3, 0.4) is 0 Å². The van der Waals surface area contributed by atoms with Gasteiger partial charge >= 0.3 is 0 Å². The van der Waals surface area contributed by atoms with E-state index >= 15 is 0 Å². The number of hydrogen-bond acceptors (Lipinski definition) is 4. The first-order chi connectivity index (χ1) is 12.6. The van der Waals surface area contributed by atoms with Crippen molar-refractivity contribution in [2.24, 2.45) is 0 Å². The number of anilines is 1. The van der Waals surface area contributed by atoms with Gasteiger partial charge in [-0.1, -0.05) is 19.1 Å². The molecule has 0 unspecified atom stereocenters. The molecule has 1 saturated heterocycles. The molecule has 5 nitrogen and oxygen atoms in total.